The maximum atomic E-state index is 11.2. The normalized spacial score (nSPS) is 10.8. The zero-order chi connectivity index (χ0) is 15.2. The summed E-state index contributed by atoms with van der Waals surface area (Å²) >= 11 is 0. The third-order valence-corrected chi connectivity index (χ3v) is 3.01. The molecule has 0 saturated carbocycles. The Balaban J connectivity index is 2.03. The van der Waals surface area contributed by atoms with Gasteiger partial charge in [-0.2, -0.15) is 4.57 Å². The van der Waals surface area contributed by atoms with Gasteiger partial charge in [-0.05, 0) is 17.2 Å². The van der Waals surface area contributed by atoms with Crippen LogP contribution < -0.4 is 4.57 Å². The second-order valence-corrected chi connectivity index (χ2v) is 4.61. The highest BCUT2D eigenvalue weighted by Gasteiger charge is 2.07. The minimum Gasteiger partial charge on any atom is -0.466 e. The number of nitrogens with zero attached hydrogens (tertiary/aromatic N) is 2. The zero-order valence-corrected chi connectivity index (χ0v) is 12.0. The molecule has 1 heterocycles. The van der Waals surface area contributed by atoms with E-state index in [-0.39, 0.29) is 11.9 Å². The van der Waals surface area contributed by atoms with Crippen molar-refractivity contribution in [1.82, 2.24) is 4.57 Å². The molecule has 0 unspecified atom stereocenters. The van der Waals surface area contributed by atoms with Crippen LogP contribution in [0.25, 0.3) is 6.08 Å². The summed E-state index contributed by atoms with van der Waals surface area (Å²) in [4.78, 5) is 22.2. The second kappa shape index (κ2) is 6.65. The largest absolute Gasteiger partial charge is 0.466 e. The molecule has 0 aliphatic carbocycles. The van der Waals surface area contributed by atoms with E-state index in [0.717, 1.165) is 11.1 Å². The fraction of sp³-hybridized carbons (Fsp3) is 0.188. The lowest BCUT2D eigenvalue weighted by Gasteiger charge is -1.99. The van der Waals surface area contributed by atoms with Gasteiger partial charge in [-0.3, -0.25) is 0 Å². The molecule has 5 nitrogen and oxygen atoms in total. The summed E-state index contributed by atoms with van der Waals surface area (Å²) in [6, 6.07) is 7.82. The summed E-state index contributed by atoms with van der Waals surface area (Å²) in [6.45, 7) is 2.20. The summed E-state index contributed by atoms with van der Waals surface area (Å²) in [5.41, 5.74) is 2.03. The summed E-state index contributed by atoms with van der Waals surface area (Å²) in [6.07, 6.45) is 8.43. The van der Waals surface area contributed by atoms with E-state index >= 15 is 0 Å². The predicted molar refractivity (Wildman–Crippen MR) is 77.5 cm³/mol. The zero-order valence-electron chi connectivity index (χ0n) is 12.0. The average molecular weight is 285 g/mol. The van der Waals surface area contributed by atoms with Crippen molar-refractivity contribution >= 4 is 18.0 Å². The number of hydrogen-bond acceptors (Lipinski definition) is 3. The van der Waals surface area contributed by atoms with Crippen LogP contribution in [0.3, 0.4) is 0 Å². The Hall–Kier alpha value is -2.69. The highest BCUT2D eigenvalue weighted by Crippen LogP contribution is 2.06. The molecule has 0 aliphatic rings. The van der Waals surface area contributed by atoms with Gasteiger partial charge in [0.05, 0.1) is 7.11 Å². The molecule has 0 spiro atoms. The lowest BCUT2D eigenvalue weighted by molar-refractivity contribution is -0.687. The van der Waals surface area contributed by atoms with Crippen molar-refractivity contribution in [2.24, 2.45) is 0 Å². The number of benzene rings is 1. The van der Waals surface area contributed by atoms with E-state index in [9.17, 15) is 9.59 Å². The summed E-state index contributed by atoms with van der Waals surface area (Å²) < 4.78 is 8.00. The Morgan fingerprint density at radius 3 is 2.57 bits per heavy atom. The molecule has 1 aromatic carbocycles. The van der Waals surface area contributed by atoms with Crippen molar-refractivity contribution in [3.8, 4) is 0 Å². The van der Waals surface area contributed by atoms with Crippen LogP contribution >= 0.6 is 0 Å². The topological polar surface area (TPSA) is 52.2 Å². The van der Waals surface area contributed by atoms with Gasteiger partial charge >= 0.3 is 11.9 Å². The quantitative estimate of drug-likeness (QED) is 0.488. The molecule has 0 radical (unpaired) electrons. The van der Waals surface area contributed by atoms with Crippen LogP contribution in [0, 0.1) is 0 Å². The predicted octanol–water partition coefficient (Wildman–Crippen LogP) is 1.67. The number of hydrogen-bond donors (Lipinski definition) is 0. The van der Waals surface area contributed by atoms with Gasteiger partial charge in [0.15, 0.2) is 0 Å². The van der Waals surface area contributed by atoms with Crippen LogP contribution in [0.1, 0.15) is 22.8 Å². The molecule has 0 fully saturated rings. The van der Waals surface area contributed by atoms with Gasteiger partial charge in [0, 0.05) is 13.0 Å². The van der Waals surface area contributed by atoms with Gasteiger partial charge in [0.1, 0.15) is 18.9 Å². The van der Waals surface area contributed by atoms with Crippen LogP contribution in [0.5, 0.6) is 0 Å². The number of esters is 1. The number of aromatic nitrogens is 2. The van der Waals surface area contributed by atoms with Gasteiger partial charge < -0.3 is 4.74 Å². The van der Waals surface area contributed by atoms with Gasteiger partial charge in [0.2, 0.25) is 0 Å². The Morgan fingerprint density at radius 1 is 1.29 bits per heavy atom. The van der Waals surface area contributed by atoms with E-state index in [1.54, 1.807) is 18.6 Å². The Morgan fingerprint density at radius 2 is 2.00 bits per heavy atom. The van der Waals surface area contributed by atoms with Gasteiger partial charge in [0.25, 0.3) is 6.33 Å². The monoisotopic (exact) mass is 285 g/mol. The van der Waals surface area contributed by atoms with E-state index in [0.29, 0.717) is 6.54 Å². The van der Waals surface area contributed by atoms with E-state index in [2.05, 4.69) is 4.74 Å². The van der Waals surface area contributed by atoms with Crippen LogP contribution in [0.15, 0.2) is 49.1 Å². The van der Waals surface area contributed by atoms with Crippen molar-refractivity contribution in [3.05, 3.63) is 60.2 Å². The van der Waals surface area contributed by atoms with Crippen molar-refractivity contribution in [2.75, 3.05) is 7.11 Å². The molecule has 21 heavy (non-hydrogen) atoms. The first-order chi connectivity index (χ1) is 10.1. The SMILES string of the molecule is COC(=O)/C=C/c1ccc(C[n+]2ccn(C(C)=O)c2)cc1. The highest BCUT2D eigenvalue weighted by atomic mass is 16.5. The standard InChI is InChI=1S/C16H17N2O3/c1-13(19)18-10-9-17(12-18)11-15-5-3-14(4-6-15)7-8-16(20)21-2/h3-10,12H,11H2,1-2H3/q+1/b8-7+. The molecule has 0 atom stereocenters. The third kappa shape index (κ3) is 4.14. The van der Waals surface area contributed by atoms with Crippen molar-refractivity contribution in [1.29, 1.82) is 0 Å². The maximum absolute atomic E-state index is 11.2. The summed E-state index contributed by atoms with van der Waals surface area (Å²) in [5, 5.41) is 0. The minimum absolute atomic E-state index is 0.0166. The maximum Gasteiger partial charge on any atom is 0.330 e. The second-order valence-electron chi connectivity index (χ2n) is 4.61. The lowest BCUT2D eigenvalue weighted by Crippen LogP contribution is -2.31. The van der Waals surface area contributed by atoms with Crippen LogP contribution in [0.2, 0.25) is 0 Å². The highest BCUT2D eigenvalue weighted by molar-refractivity contribution is 5.86. The van der Waals surface area contributed by atoms with Crippen LogP contribution in [0.4, 0.5) is 0 Å². The fourth-order valence-electron chi connectivity index (χ4n) is 1.85. The van der Waals surface area contributed by atoms with Crippen LogP contribution in [-0.2, 0) is 16.1 Å². The number of carbonyl (C=O) groups is 2. The molecule has 108 valence electrons. The molecule has 0 bridgehead atoms. The molecular weight excluding hydrogens is 268 g/mol. The third-order valence-electron chi connectivity index (χ3n) is 3.01. The van der Waals surface area contributed by atoms with Gasteiger partial charge in [-0.1, -0.05) is 24.3 Å². The minimum atomic E-state index is -0.375. The first-order valence-corrected chi connectivity index (χ1v) is 6.51. The van der Waals surface area contributed by atoms with Gasteiger partial charge in [-0.15, -0.1) is 0 Å². The van der Waals surface area contributed by atoms with Crippen molar-refractivity contribution < 1.29 is 18.9 Å². The number of ether oxygens (including phenoxy) is 1. The van der Waals surface area contributed by atoms with E-state index < -0.39 is 0 Å². The molecular formula is C16H17N2O3+. The Kier molecular flexibility index (Phi) is 4.66. The molecule has 1 aromatic heterocycles. The molecule has 0 N–H and O–H groups in total. The molecule has 0 saturated heterocycles. The first-order valence-electron chi connectivity index (χ1n) is 6.51. The average Bonchev–Trinajstić information content (AvgIpc) is 2.95. The number of imidazole rings is 1. The van der Waals surface area contributed by atoms with Gasteiger partial charge in [-0.25, -0.2) is 14.2 Å². The lowest BCUT2D eigenvalue weighted by atomic mass is 10.1. The summed E-state index contributed by atoms with van der Waals surface area (Å²) in [5.74, 6) is -0.391. The van der Waals surface area contributed by atoms with Crippen LogP contribution in [-0.4, -0.2) is 23.6 Å². The fourth-order valence-corrected chi connectivity index (χ4v) is 1.85. The molecule has 0 amide bonds. The molecule has 0 aliphatic heterocycles. The van der Waals surface area contributed by atoms with E-state index in [1.807, 2.05) is 35.0 Å². The van der Waals surface area contributed by atoms with Crippen molar-refractivity contribution in [3.63, 3.8) is 0 Å². The Labute approximate surface area is 123 Å². The molecule has 2 aromatic rings. The van der Waals surface area contributed by atoms with E-state index in [1.165, 1.54) is 24.7 Å². The number of rotatable bonds is 4. The molecule has 2 rings (SSSR count). The number of carbonyl (C=O) groups excluding carboxylic acids is 2. The van der Waals surface area contributed by atoms with E-state index in [4.69, 9.17) is 0 Å². The molecule has 5 heteroatoms. The number of methoxy groups -OCH3 is 1. The van der Waals surface area contributed by atoms with Crippen molar-refractivity contribution in [2.45, 2.75) is 13.5 Å². The first kappa shape index (κ1) is 14.7. The summed E-state index contributed by atoms with van der Waals surface area (Å²) in [7, 11) is 1.35. The smallest absolute Gasteiger partial charge is 0.330 e. The Bertz CT molecular complexity index is 669.